The number of ether oxygens (including phenoxy) is 2. The maximum absolute atomic E-state index is 12.3. The summed E-state index contributed by atoms with van der Waals surface area (Å²) in [4.78, 5) is 34.5. The predicted octanol–water partition coefficient (Wildman–Crippen LogP) is 4.61. The van der Waals surface area contributed by atoms with Crippen LogP contribution in [0.5, 0.6) is 0 Å². The molecule has 2 atom stereocenters. The van der Waals surface area contributed by atoms with Gasteiger partial charge in [0.2, 0.25) is 0 Å². The van der Waals surface area contributed by atoms with Gasteiger partial charge in [-0.05, 0) is 52.2 Å². The molecule has 1 N–H and O–H groups in total. The highest BCUT2D eigenvalue weighted by molar-refractivity contribution is 5.89. The van der Waals surface area contributed by atoms with Crippen LogP contribution in [0.4, 0.5) is 10.5 Å². The average molecular weight is 394 g/mol. The van der Waals surface area contributed by atoms with Gasteiger partial charge in [0.1, 0.15) is 11.7 Å². The van der Waals surface area contributed by atoms with Gasteiger partial charge in [0.15, 0.2) is 0 Å². The number of carbonyl (C=O) groups excluding carboxylic acids is 2. The third kappa shape index (κ3) is 7.54. The van der Waals surface area contributed by atoms with Gasteiger partial charge in [-0.3, -0.25) is 10.1 Å². The van der Waals surface area contributed by atoms with Gasteiger partial charge in [-0.2, -0.15) is 0 Å². The number of benzene rings is 1. The number of hydrogen-bond acceptors (Lipinski definition) is 6. The molecule has 0 saturated heterocycles. The molecule has 2 unspecified atom stereocenters. The number of nitro groups is 1. The Morgan fingerprint density at radius 3 is 2.21 bits per heavy atom. The first-order valence-corrected chi connectivity index (χ1v) is 9.60. The van der Waals surface area contributed by atoms with Crippen molar-refractivity contribution in [2.24, 2.45) is 0 Å². The van der Waals surface area contributed by atoms with Gasteiger partial charge in [0.05, 0.1) is 16.5 Å². The Labute approximate surface area is 165 Å². The summed E-state index contributed by atoms with van der Waals surface area (Å²) in [6.45, 7) is 9.33. The number of esters is 1. The highest BCUT2D eigenvalue weighted by Crippen LogP contribution is 2.23. The lowest BCUT2D eigenvalue weighted by atomic mass is 9.92. The van der Waals surface area contributed by atoms with E-state index in [4.69, 9.17) is 9.47 Å². The molecule has 0 spiro atoms. The molecule has 156 valence electrons. The van der Waals surface area contributed by atoms with E-state index in [2.05, 4.69) is 5.32 Å². The summed E-state index contributed by atoms with van der Waals surface area (Å²) in [5.74, 6) is -0.567. The van der Waals surface area contributed by atoms with E-state index in [1.165, 1.54) is 24.3 Å². The molecule has 1 aromatic carbocycles. The minimum absolute atomic E-state index is 0.0938. The molecule has 28 heavy (non-hydrogen) atoms. The maximum atomic E-state index is 12.3. The molecule has 1 aromatic rings. The molecule has 0 aromatic heterocycles. The topological polar surface area (TPSA) is 108 Å². The van der Waals surface area contributed by atoms with Crippen molar-refractivity contribution in [2.45, 2.75) is 78.0 Å². The molecular formula is C20H30N2O6. The zero-order chi connectivity index (χ0) is 21.3. The summed E-state index contributed by atoms with van der Waals surface area (Å²) in [5.41, 5.74) is -0.468. The first kappa shape index (κ1) is 23.4. The normalized spacial score (nSPS) is 18.9. The van der Waals surface area contributed by atoms with Crippen LogP contribution in [-0.4, -0.2) is 34.7 Å². The van der Waals surface area contributed by atoms with Crippen LogP contribution in [0.25, 0.3) is 0 Å². The fourth-order valence-electron chi connectivity index (χ4n) is 2.79. The Kier molecular flexibility index (Phi) is 8.88. The minimum atomic E-state index is -0.607. The average Bonchev–Trinajstić information content (AvgIpc) is 2.63. The number of nitrogens with one attached hydrogen (secondary N) is 1. The smallest absolute Gasteiger partial charge is 0.408 e. The van der Waals surface area contributed by atoms with E-state index in [0.29, 0.717) is 12.8 Å². The van der Waals surface area contributed by atoms with Crippen molar-refractivity contribution in [1.82, 2.24) is 5.32 Å². The molecule has 0 radical (unpaired) electrons. The molecule has 1 amide bonds. The fourth-order valence-corrected chi connectivity index (χ4v) is 2.79. The van der Waals surface area contributed by atoms with E-state index >= 15 is 0 Å². The zero-order valence-electron chi connectivity index (χ0n) is 17.2. The second-order valence-corrected chi connectivity index (χ2v) is 7.28. The van der Waals surface area contributed by atoms with E-state index in [-0.39, 0.29) is 17.3 Å². The van der Waals surface area contributed by atoms with Gasteiger partial charge < -0.3 is 14.8 Å². The first-order chi connectivity index (χ1) is 13.2. The van der Waals surface area contributed by atoms with E-state index in [0.717, 1.165) is 12.8 Å². The van der Waals surface area contributed by atoms with Crippen LogP contribution < -0.4 is 5.32 Å². The summed E-state index contributed by atoms with van der Waals surface area (Å²) in [6.07, 6.45) is 2.15. The standard InChI is InChI=1S/C18H24N2O6.C2H6/c1-18(2,3)26-17(22)19-14-6-4-5-7-15(14)25-16(21)12-8-10-13(11-9-12)20(23)24;1-2/h8-11,14-15H,4-7H2,1-3H3,(H,19,22);1-2H3. The van der Waals surface area contributed by atoms with E-state index in [9.17, 15) is 19.7 Å². The number of non-ortho nitro benzene ring substituents is 1. The molecule has 1 saturated carbocycles. The van der Waals surface area contributed by atoms with Crippen molar-refractivity contribution in [1.29, 1.82) is 0 Å². The molecule has 0 aliphatic heterocycles. The lowest BCUT2D eigenvalue weighted by Crippen LogP contribution is -2.48. The Balaban J connectivity index is 0.00000190. The quantitative estimate of drug-likeness (QED) is 0.454. The van der Waals surface area contributed by atoms with Crippen molar-refractivity contribution in [2.75, 3.05) is 0 Å². The largest absolute Gasteiger partial charge is 0.457 e. The van der Waals surface area contributed by atoms with Crippen LogP contribution in [0.3, 0.4) is 0 Å². The zero-order valence-corrected chi connectivity index (χ0v) is 17.2. The molecule has 0 heterocycles. The second kappa shape index (κ2) is 10.6. The lowest BCUT2D eigenvalue weighted by molar-refractivity contribution is -0.384. The Bertz CT molecular complexity index is 666. The molecule has 1 fully saturated rings. The van der Waals surface area contributed by atoms with Gasteiger partial charge >= 0.3 is 12.1 Å². The summed E-state index contributed by atoms with van der Waals surface area (Å²) in [6, 6.07) is 4.92. The number of alkyl carbamates (subject to hydrolysis) is 1. The molecule has 1 aliphatic rings. The van der Waals surface area contributed by atoms with Crippen molar-refractivity contribution in [3.63, 3.8) is 0 Å². The highest BCUT2D eigenvalue weighted by atomic mass is 16.6. The minimum Gasteiger partial charge on any atom is -0.457 e. The molecule has 2 rings (SSSR count). The third-order valence-corrected chi connectivity index (χ3v) is 3.98. The molecule has 0 bridgehead atoms. The maximum Gasteiger partial charge on any atom is 0.408 e. The number of hydrogen-bond donors (Lipinski definition) is 1. The van der Waals surface area contributed by atoms with Crippen molar-refractivity contribution in [3.05, 3.63) is 39.9 Å². The molecular weight excluding hydrogens is 364 g/mol. The Hall–Kier alpha value is -2.64. The number of nitrogens with zero attached hydrogens (tertiary/aromatic N) is 1. The van der Waals surface area contributed by atoms with Crippen molar-refractivity contribution in [3.8, 4) is 0 Å². The number of rotatable bonds is 4. The highest BCUT2D eigenvalue weighted by Gasteiger charge is 2.31. The first-order valence-electron chi connectivity index (χ1n) is 9.60. The molecule has 8 heteroatoms. The van der Waals surface area contributed by atoms with E-state index in [1.54, 1.807) is 20.8 Å². The van der Waals surface area contributed by atoms with Crippen LogP contribution in [0.2, 0.25) is 0 Å². The summed E-state index contributed by atoms with van der Waals surface area (Å²) < 4.78 is 10.8. The van der Waals surface area contributed by atoms with Gasteiger partial charge in [-0.1, -0.05) is 20.3 Å². The Morgan fingerprint density at radius 2 is 1.68 bits per heavy atom. The van der Waals surface area contributed by atoms with Crippen LogP contribution >= 0.6 is 0 Å². The van der Waals surface area contributed by atoms with Gasteiger partial charge in [0, 0.05) is 12.1 Å². The fraction of sp³-hybridized carbons (Fsp3) is 0.600. The monoisotopic (exact) mass is 394 g/mol. The second-order valence-electron chi connectivity index (χ2n) is 7.28. The van der Waals surface area contributed by atoms with Crippen LogP contribution in [0, 0.1) is 10.1 Å². The third-order valence-electron chi connectivity index (χ3n) is 3.98. The van der Waals surface area contributed by atoms with E-state index < -0.39 is 28.7 Å². The Morgan fingerprint density at radius 1 is 1.11 bits per heavy atom. The summed E-state index contributed by atoms with van der Waals surface area (Å²) in [5, 5.41) is 13.5. The molecule has 1 aliphatic carbocycles. The van der Waals surface area contributed by atoms with Crippen molar-refractivity contribution >= 4 is 17.7 Å². The van der Waals surface area contributed by atoms with Crippen LogP contribution in [-0.2, 0) is 9.47 Å². The number of amides is 1. The number of nitro benzene ring substituents is 1. The van der Waals surface area contributed by atoms with Crippen molar-refractivity contribution < 1.29 is 24.0 Å². The summed E-state index contributed by atoms with van der Waals surface area (Å²) in [7, 11) is 0. The van der Waals surface area contributed by atoms with Gasteiger partial charge in [-0.15, -0.1) is 0 Å². The lowest BCUT2D eigenvalue weighted by Gasteiger charge is -2.32. The van der Waals surface area contributed by atoms with Gasteiger partial charge in [-0.25, -0.2) is 9.59 Å². The van der Waals surface area contributed by atoms with Gasteiger partial charge in [0.25, 0.3) is 5.69 Å². The molecule has 8 nitrogen and oxygen atoms in total. The SMILES string of the molecule is CC.CC(C)(C)OC(=O)NC1CCCCC1OC(=O)c1ccc([N+](=O)[O-])cc1. The summed E-state index contributed by atoms with van der Waals surface area (Å²) >= 11 is 0. The van der Waals surface area contributed by atoms with Crippen LogP contribution in [0.1, 0.15) is 70.7 Å². The van der Waals surface area contributed by atoms with Crippen LogP contribution in [0.15, 0.2) is 24.3 Å². The predicted molar refractivity (Wildman–Crippen MR) is 105 cm³/mol. The van der Waals surface area contributed by atoms with E-state index in [1.807, 2.05) is 13.8 Å². The number of carbonyl (C=O) groups is 2.